The summed E-state index contributed by atoms with van der Waals surface area (Å²) in [4.78, 5) is 18.8. The largest absolute Gasteiger partial charge is 0.481 e. The molecule has 0 saturated carbocycles. The van der Waals surface area contributed by atoms with E-state index in [9.17, 15) is 9.90 Å². The van der Waals surface area contributed by atoms with Crippen LogP contribution in [0.1, 0.15) is 43.6 Å². The summed E-state index contributed by atoms with van der Waals surface area (Å²) in [6, 6.07) is 7.95. The van der Waals surface area contributed by atoms with Gasteiger partial charge in [-0.2, -0.15) is 5.21 Å². The Labute approximate surface area is 181 Å². The maximum absolute atomic E-state index is 11.7. The van der Waals surface area contributed by atoms with E-state index in [-0.39, 0.29) is 6.42 Å². The molecule has 0 atom stereocenters. The van der Waals surface area contributed by atoms with Crippen LogP contribution in [-0.2, 0) is 11.2 Å². The number of tetrazole rings is 1. The van der Waals surface area contributed by atoms with E-state index in [1.165, 1.54) is 0 Å². The molecule has 4 rings (SSSR count). The second kappa shape index (κ2) is 8.09. The van der Waals surface area contributed by atoms with Gasteiger partial charge in [-0.1, -0.05) is 32.0 Å². The van der Waals surface area contributed by atoms with E-state index in [4.69, 9.17) is 4.98 Å². The van der Waals surface area contributed by atoms with Crippen molar-refractivity contribution in [1.82, 2.24) is 25.6 Å². The molecule has 3 heterocycles. The molecule has 0 amide bonds. The first-order valence-electron chi connectivity index (χ1n) is 10.6. The molecule has 0 radical (unpaired) electrons. The van der Waals surface area contributed by atoms with E-state index in [2.05, 4.69) is 39.4 Å². The average molecular weight is 421 g/mol. The fourth-order valence-electron chi connectivity index (χ4n) is 4.36. The Morgan fingerprint density at radius 2 is 1.87 bits per heavy atom. The van der Waals surface area contributed by atoms with Gasteiger partial charge in [0.1, 0.15) is 0 Å². The van der Waals surface area contributed by atoms with Crippen LogP contribution in [0.15, 0.2) is 24.3 Å². The summed E-state index contributed by atoms with van der Waals surface area (Å²) in [5.74, 6) is -0.328. The molecule has 162 valence electrons. The summed E-state index contributed by atoms with van der Waals surface area (Å²) in [5.41, 5.74) is 6.53. The normalized spacial score (nSPS) is 15.8. The number of aromatic amines is 1. The third-order valence-corrected chi connectivity index (χ3v) is 6.17. The summed E-state index contributed by atoms with van der Waals surface area (Å²) >= 11 is 0. The fraction of sp³-hybridized carbons (Fsp3) is 0.435. The quantitative estimate of drug-likeness (QED) is 0.646. The number of aliphatic carboxylic acids is 1. The van der Waals surface area contributed by atoms with Crippen molar-refractivity contribution in [1.29, 1.82) is 0 Å². The van der Waals surface area contributed by atoms with Crippen molar-refractivity contribution in [3.8, 4) is 22.5 Å². The average Bonchev–Trinajstić information content (AvgIpc) is 3.25. The van der Waals surface area contributed by atoms with Crippen LogP contribution in [0, 0.1) is 19.3 Å². The third-order valence-electron chi connectivity index (χ3n) is 6.17. The predicted octanol–water partition coefficient (Wildman–Crippen LogP) is 3.80. The number of aromatic nitrogens is 5. The first-order chi connectivity index (χ1) is 14.7. The van der Waals surface area contributed by atoms with E-state index in [0.29, 0.717) is 11.2 Å². The highest BCUT2D eigenvalue weighted by atomic mass is 16.4. The highest BCUT2D eigenvalue weighted by molar-refractivity contribution is 5.87. The molecule has 31 heavy (non-hydrogen) atoms. The molecule has 1 saturated heterocycles. The molecule has 2 N–H and O–H groups in total. The Morgan fingerprint density at radius 3 is 2.52 bits per heavy atom. The molecule has 2 aromatic heterocycles. The van der Waals surface area contributed by atoms with Crippen molar-refractivity contribution in [2.45, 2.75) is 47.0 Å². The zero-order valence-corrected chi connectivity index (χ0v) is 18.4. The first kappa shape index (κ1) is 21.0. The van der Waals surface area contributed by atoms with E-state index in [1.807, 2.05) is 38.1 Å². The number of carboxylic acid groups (broad SMARTS) is 1. The van der Waals surface area contributed by atoms with Crippen LogP contribution >= 0.6 is 0 Å². The number of hydrogen-bond acceptors (Lipinski definition) is 6. The lowest BCUT2D eigenvalue weighted by molar-refractivity contribution is -0.136. The maximum Gasteiger partial charge on any atom is 0.307 e. The van der Waals surface area contributed by atoms with Gasteiger partial charge in [-0.3, -0.25) is 9.78 Å². The number of aryl methyl sites for hydroxylation is 2. The minimum absolute atomic E-state index is 0.0497. The first-order valence-corrected chi connectivity index (χ1v) is 10.6. The number of piperidine rings is 1. The number of nitrogens with zero attached hydrogens (tertiary/aromatic N) is 5. The van der Waals surface area contributed by atoms with Gasteiger partial charge < -0.3 is 10.0 Å². The summed E-state index contributed by atoms with van der Waals surface area (Å²) in [5, 5.41) is 24.0. The number of hydrogen-bond donors (Lipinski definition) is 2. The molecular weight excluding hydrogens is 392 g/mol. The second-order valence-electron chi connectivity index (χ2n) is 9.02. The minimum Gasteiger partial charge on any atom is -0.481 e. The number of pyridine rings is 1. The lowest BCUT2D eigenvalue weighted by Crippen LogP contribution is -2.38. The standard InChI is InChI=1S/C23H28N6O2/c1-14-18(13-19(30)31)21(29-10-8-23(3,4)9-11-29)20(15(2)24-14)16-6-5-7-17(12-16)22-25-27-28-26-22/h5-7,12H,8-11,13H2,1-4H3,(H,30,31)(H,25,26,27,28). The summed E-state index contributed by atoms with van der Waals surface area (Å²) in [6.07, 6.45) is 2.07. The van der Waals surface area contributed by atoms with Crippen LogP contribution in [0.4, 0.5) is 5.69 Å². The number of nitrogens with one attached hydrogen (secondary N) is 1. The van der Waals surface area contributed by atoms with Gasteiger partial charge in [-0.05, 0) is 48.9 Å². The van der Waals surface area contributed by atoms with Crippen LogP contribution in [0.5, 0.6) is 0 Å². The van der Waals surface area contributed by atoms with Gasteiger partial charge in [0.2, 0.25) is 5.82 Å². The fourth-order valence-corrected chi connectivity index (χ4v) is 4.36. The smallest absolute Gasteiger partial charge is 0.307 e. The lowest BCUT2D eigenvalue weighted by atomic mass is 9.82. The molecule has 0 bridgehead atoms. The molecule has 1 fully saturated rings. The van der Waals surface area contributed by atoms with Crippen molar-refractivity contribution in [2.75, 3.05) is 18.0 Å². The number of carboxylic acids is 1. The molecule has 1 aromatic carbocycles. The molecule has 8 heteroatoms. The SMILES string of the molecule is Cc1nc(C)c(-c2cccc(-c3nn[nH]n3)c2)c(N2CCC(C)(C)CC2)c1CC(=O)O. The van der Waals surface area contributed by atoms with Gasteiger partial charge >= 0.3 is 5.97 Å². The maximum atomic E-state index is 11.7. The van der Waals surface area contributed by atoms with E-state index < -0.39 is 5.97 Å². The van der Waals surface area contributed by atoms with Gasteiger partial charge in [0, 0.05) is 41.2 Å². The monoisotopic (exact) mass is 420 g/mol. The molecule has 3 aromatic rings. The van der Waals surface area contributed by atoms with Crippen molar-refractivity contribution < 1.29 is 9.90 Å². The van der Waals surface area contributed by atoms with Crippen molar-refractivity contribution in [3.63, 3.8) is 0 Å². The molecule has 0 unspecified atom stereocenters. The zero-order valence-electron chi connectivity index (χ0n) is 18.4. The van der Waals surface area contributed by atoms with Crippen LogP contribution in [0.3, 0.4) is 0 Å². The van der Waals surface area contributed by atoms with E-state index >= 15 is 0 Å². The Bertz CT molecular complexity index is 1100. The molecule has 0 spiro atoms. The third kappa shape index (κ3) is 4.28. The number of benzene rings is 1. The Morgan fingerprint density at radius 1 is 1.16 bits per heavy atom. The lowest BCUT2D eigenvalue weighted by Gasteiger charge is -2.40. The molecule has 8 nitrogen and oxygen atoms in total. The van der Waals surface area contributed by atoms with Crippen LogP contribution < -0.4 is 4.90 Å². The molecule has 0 aliphatic carbocycles. The van der Waals surface area contributed by atoms with Crippen LogP contribution in [-0.4, -0.2) is 49.8 Å². The van der Waals surface area contributed by atoms with Crippen molar-refractivity contribution in [2.24, 2.45) is 5.41 Å². The highest BCUT2D eigenvalue weighted by Gasteiger charge is 2.30. The molecule has 1 aliphatic heterocycles. The van der Waals surface area contributed by atoms with Crippen molar-refractivity contribution >= 4 is 11.7 Å². The highest BCUT2D eigenvalue weighted by Crippen LogP contribution is 2.42. The number of anilines is 1. The molecule has 1 aliphatic rings. The van der Waals surface area contributed by atoms with E-state index in [1.54, 1.807) is 0 Å². The van der Waals surface area contributed by atoms with Gasteiger partial charge in [0.15, 0.2) is 0 Å². The Balaban J connectivity index is 1.89. The van der Waals surface area contributed by atoms with Crippen LogP contribution in [0.2, 0.25) is 0 Å². The van der Waals surface area contributed by atoms with Crippen molar-refractivity contribution in [3.05, 3.63) is 41.2 Å². The number of rotatable bonds is 5. The number of carbonyl (C=O) groups is 1. The zero-order chi connectivity index (χ0) is 22.2. The Kier molecular flexibility index (Phi) is 5.47. The number of H-pyrrole nitrogens is 1. The van der Waals surface area contributed by atoms with E-state index in [0.717, 1.165) is 65.3 Å². The summed E-state index contributed by atoms with van der Waals surface area (Å²) in [7, 11) is 0. The summed E-state index contributed by atoms with van der Waals surface area (Å²) < 4.78 is 0. The van der Waals surface area contributed by atoms with Crippen LogP contribution in [0.25, 0.3) is 22.5 Å². The predicted molar refractivity (Wildman–Crippen MR) is 119 cm³/mol. The minimum atomic E-state index is -0.848. The molecular formula is C23H28N6O2. The van der Waals surface area contributed by atoms with Gasteiger partial charge in [-0.15, -0.1) is 10.2 Å². The topological polar surface area (TPSA) is 108 Å². The second-order valence-corrected chi connectivity index (χ2v) is 9.02. The Hall–Kier alpha value is -3.29. The van der Waals surface area contributed by atoms with Gasteiger partial charge in [0.25, 0.3) is 0 Å². The summed E-state index contributed by atoms with van der Waals surface area (Å²) in [6.45, 7) is 10.3. The van der Waals surface area contributed by atoms with Gasteiger partial charge in [-0.25, -0.2) is 0 Å². The van der Waals surface area contributed by atoms with Gasteiger partial charge in [0.05, 0.1) is 12.1 Å².